The molecule has 32 heavy (non-hydrogen) atoms. The van der Waals surface area contributed by atoms with Crippen molar-refractivity contribution in [3.05, 3.63) is 59.9 Å². The van der Waals surface area contributed by atoms with E-state index in [0.29, 0.717) is 5.41 Å². The lowest BCUT2D eigenvalue weighted by Gasteiger charge is -2.16. The van der Waals surface area contributed by atoms with E-state index < -0.39 is 0 Å². The van der Waals surface area contributed by atoms with Gasteiger partial charge in [0.15, 0.2) is 11.0 Å². The topological polar surface area (TPSA) is 46.8 Å². The van der Waals surface area contributed by atoms with Gasteiger partial charge in [-0.05, 0) is 68.3 Å². The van der Waals surface area contributed by atoms with Crippen molar-refractivity contribution in [3.63, 3.8) is 0 Å². The third-order valence-corrected chi connectivity index (χ3v) is 7.84. The lowest BCUT2D eigenvalue weighted by molar-refractivity contribution is 0.319. The summed E-state index contributed by atoms with van der Waals surface area (Å²) < 4.78 is 2.07. The zero-order chi connectivity index (χ0) is 20.6. The highest BCUT2D eigenvalue weighted by Crippen LogP contribution is 2.64. The van der Waals surface area contributed by atoms with Crippen molar-refractivity contribution in [1.82, 2.24) is 24.6 Å². The highest BCUT2D eigenvalue weighted by atomic mass is 35.5. The first-order chi connectivity index (χ1) is 14.6. The molecule has 2 fully saturated rings. The minimum atomic E-state index is 0. The van der Waals surface area contributed by atoms with Crippen LogP contribution in [0.2, 0.25) is 0 Å². The van der Waals surface area contributed by atoms with Gasteiger partial charge in [-0.1, -0.05) is 41.6 Å². The first-order valence-corrected chi connectivity index (χ1v) is 11.8. The van der Waals surface area contributed by atoms with Crippen LogP contribution in [0, 0.1) is 12.3 Å². The number of hydrogen-bond acceptors (Lipinski definition) is 5. The average molecular weight is 493 g/mol. The van der Waals surface area contributed by atoms with E-state index in [1.165, 1.54) is 44.5 Å². The molecule has 0 amide bonds. The summed E-state index contributed by atoms with van der Waals surface area (Å²) in [6.07, 6.45) is 7.53. The molecule has 2 atom stereocenters. The van der Waals surface area contributed by atoms with Crippen LogP contribution in [0.4, 0.5) is 0 Å². The summed E-state index contributed by atoms with van der Waals surface area (Å²) in [7, 11) is 2.03. The Morgan fingerprint density at radius 1 is 1.12 bits per heavy atom. The molecule has 1 saturated carbocycles. The van der Waals surface area contributed by atoms with Crippen molar-refractivity contribution in [2.75, 3.05) is 25.4 Å². The molecular formula is C24H31Cl2N5S. The van der Waals surface area contributed by atoms with Crippen LogP contribution in [0.5, 0.6) is 0 Å². The molecular weight excluding hydrogens is 461 g/mol. The number of nitrogens with zero attached hydrogens (tertiary/aromatic N) is 5. The summed E-state index contributed by atoms with van der Waals surface area (Å²) in [6.45, 7) is 5.87. The quantitative estimate of drug-likeness (QED) is 0.327. The monoisotopic (exact) mass is 491 g/mol. The van der Waals surface area contributed by atoms with Gasteiger partial charge in [0, 0.05) is 37.3 Å². The summed E-state index contributed by atoms with van der Waals surface area (Å²) in [5, 5.41) is 9.71. The maximum Gasteiger partial charge on any atom is 0.191 e. The molecule has 5 rings (SSSR count). The molecule has 0 unspecified atom stereocenters. The highest BCUT2D eigenvalue weighted by molar-refractivity contribution is 7.99. The minimum Gasteiger partial charge on any atom is -0.305 e. The van der Waals surface area contributed by atoms with E-state index in [1.54, 1.807) is 23.5 Å². The zero-order valence-electron chi connectivity index (χ0n) is 18.6. The van der Waals surface area contributed by atoms with Crippen molar-refractivity contribution in [3.8, 4) is 11.4 Å². The van der Waals surface area contributed by atoms with Crippen molar-refractivity contribution in [1.29, 1.82) is 0 Å². The van der Waals surface area contributed by atoms with Gasteiger partial charge in [0.1, 0.15) is 0 Å². The molecule has 1 aliphatic carbocycles. The van der Waals surface area contributed by atoms with Gasteiger partial charge in [-0.2, -0.15) is 0 Å². The standard InChI is InChI=1S/C24H29N5S.2ClH/c1-18-6-8-19(9-7-18)21-15-24(21)10-13-29(17-24)12-4-14-30-23-27-26-22(28(23)2)20-5-3-11-25-16-20;;/h3,5-9,11,16,21H,4,10,12-15,17H2,1-2H3;2*1H/t21-,24+;;/m1../s1. The summed E-state index contributed by atoms with van der Waals surface area (Å²) in [4.78, 5) is 6.86. The Bertz CT molecular complexity index is 1010. The second kappa shape index (κ2) is 10.6. The Balaban J connectivity index is 0.00000144. The fraction of sp³-hybridized carbons (Fsp3) is 0.458. The third-order valence-electron chi connectivity index (χ3n) is 6.74. The van der Waals surface area contributed by atoms with E-state index in [0.717, 1.165) is 28.2 Å². The molecule has 172 valence electrons. The fourth-order valence-electron chi connectivity index (χ4n) is 4.88. The number of aryl methyl sites for hydroxylation is 1. The van der Waals surface area contributed by atoms with Crippen LogP contribution in [-0.2, 0) is 7.05 Å². The van der Waals surface area contributed by atoms with Crippen LogP contribution in [0.25, 0.3) is 11.4 Å². The highest BCUT2D eigenvalue weighted by Gasteiger charge is 2.57. The van der Waals surface area contributed by atoms with Gasteiger partial charge in [0.05, 0.1) is 0 Å². The molecule has 0 radical (unpaired) electrons. The van der Waals surface area contributed by atoms with E-state index in [9.17, 15) is 0 Å². The van der Waals surface area contributed by atoms with E-state index in [2.05, 4.69) is 55.8 Å². The molecule has 2 aliphatic rings. The van der Waals surface area contributed by atoms with Crippen molar-refractivity contribution in [2.24, 2.45) is 12.5 Å². The van der Waals surface area contributed by atoms with E-state index in [1.807, 2.05) is 25.4 Å². The second-order valence-electron chi connectivity index (χ2n) is 8.86. The second-order valence-corrected chi connectivity index (χ2v) is 9.93. The Morgan fingerprint density at radius 3 is 2.69 bits per heavy atom. The van der Waals surface area contributed by atoms with Gasteiger partial charge in [-0.3, -0.25) is 4.98 Å². The number of halogens is 2. The number of hydrogen-bond donors (Lipinski definition) is 0. The van der Waals surface area contributed by atoms with Gasteiger partial charge in [-0.15, -0.1) is 35.0 Å². The molecule has 5 nitrogen and oxygen atoms in total. The SMILES string of the molecule is Cc1ccc([C@H]2C[C@]23CCN(CCCSc2nnc(-c4cccnc4)n2C)C3)cc1.Cl.Cl. The van der Waals surface area contributed by atoms with Gasteiger partial charge >= 0.3 is 0 Å². The Kier molecular flexibility index (Phi) is 8.26. The van der Waals surface area contributed by atoms with Gasteiger partial charge in [0.25, 0.3) is 0 Å². The molecule has 3 aromatic rings. The first-order valence-electron chi connectivity index (χ1n) is 10.9. The molecule has 2 aromatic heterocycles. The summed E-state index contributed by atoms with van der Waals surface area (Å²) >= 11 is 1.80. The van der Waals surface area contributed by atoms with Crippen LogP contribution >= 0.6 is 36.6 Å². The fourth-order valence-corrected chi connectivity index (χ4v) is 5.72. The lowest BCUT2D eigenvalue weighted by Crippen LogP contribution is -2.23. The molecule has 1 aromatic carbocycles. The molecule has 1 spiro atoms. The normalized spacial score (nSPS) is 21.9. The predicted molar refractivity (Wildman–Crippen MR) is 136 cm³/mol. The van der Waals surface area contributed by atoms with Crippen LogP contribution in [0.15, 0.2) is 53.9 Å². The number of pyridine rings is 1. The summed E-state index contributed by atoms with van der Waals surface area (Å²) in [6, 6.07) is 13.2. The summed E-state index contributed by atoms with van der Waals surface area (Å²) in [5.74, 6) is 2.73. The van der Waals surface area contributed by atoms with E-state index in [-0.39, 0.29) is 24.8 Å². The van der Waals surface area contributed by atoms with E-state index >= 15 is 0 Å². The van der Waals surface area contributed by atoms with Crippen LogP contribution in [-0.4, -0.2) is 50.0 Å². The molecule has 0 bridgehead atoms. The van der Waals surface area contributed by atoms with Gasteiger partial charge < -0.3 is 9.47 Å². The predicted octanol–water partition coefficient (Wildman–Crippen LogP) is 5.39. The van der Waals surface area contributed by atoms with Crippen LogP contribution in [0.3, 0.4) is 0 Å². The number of rotatable bonds is 7. The third kappa shape index (κ3) is 5.14. The Hall–Kier alpha value is -1.60. The minimum absolute atomic E-state index is 0. The van der Waals surface area contributed by atoms with Crippen LogP contribution in [0.1, 0.15) is 36.3 Å². The molecule has 8 heteroatoms. The number of thioether (sulfide) groups is 1. The molecule has 3 heterocycles. The zero-order valence-corrected chi connectivity index (χ0v) is 21.1. The van der Waals surface area contributed by atoms with Gasteiger partial charge in [-0.25, -0.2) is 0 Å². The molecule has 1 aliphatic heterocycles. The summed E-state index contributed by atoms with van der Waals surface area (Å²) in [5.41, 5.74) is 4.47. The Morgan fingerprint density at radius 2 is 1.94 bits per heavy atom. The lowest BCUT2D eigenvalue weighted by atomic mass is 9.98. The smallest absolute Gasteiger partial charge is 0.191 e. The van der Waals surface area contributed by atoms with Gasteiger partial charge in [0.2, 0.25) is 0 Å². The largest absolute Gasteiger partial charge is 0.305 e. The number of benzene rings is 1. The number of aromatic nitrogens is 4. The molecule has 1 saturated heterocycles. The van der Waals surface area contributed by atoms with Crippen molar-refractivity contribution >= 4 is 36.6 Å². The maximum atomic E-state index is 4.38. The molecule has 0 N–H and O–H groups in total. The first kappa shape index (κ1) is 25.0. The maximum absolute atomic E-state index is 4.38. The average Bonchev–Trinajstić information content (AvgIpc) is 3.11. The van der Waals surface area contributed by atoms with E-state index in [4.69, 9.17) is 0 Å². The number of likely N-dealkylation sites (tertiary alicyclic amines) is 1. The van der Waals surface area contributed by atoms with Crippen molar-refractivity contribution in [2.45, 2.75) is 37.3 Å². The van der Waals surface area contributed by atoms with Crippen LogP contribution < -0.4 is 0 Å². The van der Waals surface area contributed by atoms with Crippen molar-refractivity contribution < 1.29 is 0 Å². The Labute approximate surface area is 207 Å².